The van der Waals surface area contributed by atoms with E-state index in [0.29, 0.717) is 0 Å². The number of hydrogen-bond donors (Lipinski definition) is 1. The van der Waals surface area contributed by atoms with Gasteiger partial charge in [-0.25, -0.2) is 0 Å². The number of hydrogen-bond acceptors (Lipinski definition) is 2. The Hall–Kier alpha value is -1.12. The third-order valence-corrected chi connectivity index (χ3v) is 3.78. The van der Waals surface area contributed by atoms with Gasteiger partial charge < -0.3 is 5.32 Å². The molecule has 0 aliphatic heterocycles. The quantitative estimate of drug-likeness (QED) is 0.545. The molecule has 0 aromatic heterocycles. The van der Waals surface area contributed by atoms with E-state index in [9.17, 15) is 0 Å². The Bertz CT molecular complexity index is 418. The zero-order valence-electron chi connectivity index (χ0n) is 14.3. The van der Waals surface area contributed by atoms with Crippen molar-refractivity contribution in [3.8, 4) is 0 Å². The molecule has 1 N–H and O–H groups in total. The van der Waals surface area contributed by atoms with Crippen LogP contribution in [0, 0.1) is 0 Å². The summed E-state index contributed by atoms with van der Waals surface area (Å²) in [6.45, 7) is 17.0. The summed E-state index contributed by atoms with van der Waals surface area (Å²) in [6, 6.07) is 8.81. The van der Waals surface area contributed by atoms with Crippen LogP contribution in [-0.4, -0.2) is 30.1 Å². The first-order chi connectivity index (χ1) is 9.99. The van der Waals surface area contributed by atoms with E-state index in [4.69, 9.17) is 0 Å². The van der Waals surface area contributed by atoms with Crippen LogP contribution in [0.4, 0.5) is 0 Å². The van der Waals surface area contributed by atoms with Crippen LogP contribution in [0.5, 0.6) is 0 Å². The summed E-state index contributed by atoms with van der Waals surface area (Å²) in [5.41, 5.74) is 3.05. The zero-order chi connectivity index (χ0) is 15.7. The minimum atomic E-state index is 0.155. The number of nitrogens with zero attached hydrogens (tertiary/aromatic N) is 1. The maximum atomic E-state index is 3.90. The van der Waals surface area contributed by atoms with Crippen molar-refractivity contribution in [2.45, 2.75) is 52.6 Å². The molecule has 0 saturated carbocycles. The van der Waals surface area contributed by atoms with Crippen molar-refractivity contribution in [3.05, 3.63) is 48.0 Å². The van der Waals surface area contributed by atoms with Gasteiger partial charge >= 0.3 is 0 Å². The fraction of sp³-hybridized carbons (Fsp3) is 0.579. The molecule has 0 unspecified atom stereocenters. The van der Waals surface area contributed by atoms with Gasteiger partial charge in [-0.1, -0.05) is 37.3 Å². The highest BCUT2D eigenvalue weighted by Crippen LogP contribution is 2.19. The normalized spacial score (nSPS) is 11.9. The summed E-state index contributed by atoms with van der Waals surface area (Å²) >= 11 is 0. The van der Waals surface area contributed by atoms with E-state index in [1.54, 1.807) is 0 Å². The van der Waals surface area contributed by atoms with Gasteiger partial charge in [0.05, 0.1) is 0 Å². The second-order valence-electron chi connectivity index (χ2n) is 6.61. The number of rotatable bonds is 9. The third kappa shape index (κ3) is 6.45. The molecule has 0 bridgehead atoms. The summed E-state index contributed by atoms with van der Waals surface area (Å²) in [4.78, 5) is 2.47. The second-order valence-corrected chi connectivity index (χ2v) is 6.61. The average molecular weight is 288 g/mol. The SMILES string of the molecule is C=CCN(Cc1ccccc1CCNCCC)C(C)(C)C. The first-order valence-electron chi connectivity index (χ1n) is 8.12. The molecule has 0 atom stereocenters. The Morgan fingerprint density at radius 2 is 1.81 bits per heavy atom. The first kappa shape index (κ1) is 17.9. The summed E-state index contributed by atoms with van der Waals surface area (Å²) in [6.07, 6.45) is 4.29. The smallest absolute Gasteiger partial charge is 0.0244 e. The van der Waals surface area contributed by atoms with Crippen LogP contribution in [0.1, 0.15) is 45.2 Å². The van der Waals surface area contributed by atoms with Gasteiger partial charge in [0.25, 0.3) is 0 Å². The molecule has 0 spiro atoms. The predicted octanol–water partition coefficient (Wildman–Crippen LogP) is 4.02. The van der Waals surface area contributed by atoms with E-state index in [2.05, 4.69) is 68.8 Å². The van der Waals surface area contributed by atoms with Crippen molar-refractivity contribution in [2.24, 2.45) is 0 Å². The van der Waals surface area contributed by atoms with E-state index in [-0.39, 0.29) is 5.54 Å². The molecule has 0 fully saturated rings. The molecule has 1 aromatic carbocycles. The van der Waals surface area contributed by atoms with Gasteiger partial charge in [0.2, 0.25) is 0 Å². The van der Waals surface area contributed by atoms with Crippen molar-refractivity contribution in [3.63, 3.8) is 0 Å². The average Bonchev–Trinajstić information content (AvgIpc) is 2.43. The number of benzene rings is 1. The molecule has 1 aromatic rings. The summed E-state index contributed by atoms with van der Waals surface area (Å²) < 4.78 is 0. The summed E-state index contributed by atoms with van der Waals surface area (Å²) in [7, 11) is 0. The van der Waals surface area contributed by atoms with Crippen LogP contribution in [0.25, 0.3) is 0 Å². The lowest BCUT2D eigenvalue weighted by Crippen LogP contribution is -2.41. The van der Waals surface area contributed by atoms with E-state index < -0.39 is 0 Å². The van der Waals surface area contributed by atoms with Crippen molar-refractivity contribution in [2.75, 3.05) is 19.6 Å². The molecule has 0 aliphatic carbocycles. The molecular formula is C19H32N2. The van der Waals surface area contributed by atoms with Crippen LogP contribution >= 0.6 is 0 Å². The van der Waals surface area contributed by atoms with Crippen LogP contribution in [-0.2, 0) is 13.0 Å². The molecule has 0 saturated heterocycles. The molecule has 1 rings (SSSR count). The Morgan fingerprint density at radius 1 is 1.14 bits per heavy atom. The highest BCUT2D eigenvalue weighted by Gasteiger charge is 2.20. The Balaban J connectivity index is 2.74. The van der Waals surface area contributed by atoms with Gasteiger partial charge in [0, 0.05) is 18.6 Å². The highest BCUT2D eigenvalue weighted by molar-refractivity contribution is 5.27. The molecular weight excluding hydrogens is 256 g/mol. The Morgan fingerprint density at radius 3 is 2.38 bits per heavy atom. The molecule has 0 radical (unpaired) electrons. The molecule has 2 nitrogen and oxygen atoms in total. The number of nitrogens with one attached hydrogen (secondary N) is 1. The fourth-order valence-electron chi connectivity index (χ4n) is 2.42. The maximum absolute atomic E-state index is 3.90. The van der Waals surface area contributed by atoms with Gasteiger partial charge in [-0.05, 0) is 57.8 Å². The van der Waals surface area contributed by atoms with E-state index >= 15 is 0 Å². The van der Waals surface area contributed by atoms with E-state index in [0.717, 1.165) is 32.6 Å². The standard InChI is InChI=1S/C19H32N2/c1-6-13-20-14-12-17-10-8-9-11-18(17)16-21(15-7-2)19(3,4)5/h7-11,20H,2,6,12-16H2,1,3-5H3. The first-order valence-corrected chi connectivity index (χ1v) is 8.12. The molecule has 2 heteroatoms. The Kier molecular flexibility index (Phi) is 7.69. The Labute approximate surface area is 131 Å². The molecule has 118 valence electrons. The molecule has 0 aliphatic rings. The van der Waals surface area contributed by atoms with Crippen molar-refractivity contribution in [1.29, 1.82) is 0 Å². The summed E-state index contributed by atoms with van der Waals surface area (Å²) in [5.74, 6) is 0. The van der Waals surface area contributed by atoms with E-state index in [1.807, 2.05) is 6.08 Å². The van der Waals surface area contributed by atoms with Gasteiger partial charge in [-0.15, -0.1) is 6.58 Å². The van der Waals surface area contributed by atoms with Crippen molar-refractivity contribution in [1.82, 2.24) is 10.2 Å². The predicted molar refractivity (Wildman–Crippen MR) is 93.7 cm³/mol. The minimum absolute atomic E-state index is 0.155. The zero-order valence-corrected chi connectivity index (χ0v) is 14.3. The highest BCUT2D eigenvalue weighted by atomic mass is 15.2. The molecule has 21 heavy (non-hydrogen) atoms. The second kappa shape index (κ2) is 9.01. The van der Waals surface area contributed by atoms with Gasteiger partial charge in [0.1, 0.15) is 0 Å². The lowest BCUT2D eigenvalue weighted by molar-refractivity contribution is 0.145. The van der Waals surface area contributed by atoms with Crippen LogP contribution in [0.15, 0.2) is 36.9 Å². The van der Waals surface area contributed by atoms with Gasteiger partial charge in [-0.3, -0.25) is 4.90 Å². The lowest BCUT2D eigenvalue weighted by Gasteiger charge is -2.35. The maximum Gasteiger partial charge on any atom is 0.0244 e. The molecule has 0 amide bonds. The topological polar surface area (TPSA) is 15.3 Å². The van der Waals surface area contributed by atoms with Crippen LogP contribution in [0.3, 0.4) is 0 Å². The monoisotopic (exact) mass is 288 g/mol. The van der Waals surface area contributed by atoms with Crippen LogP contribution < -0.4 is 5.32 Å². The fourth-order valence-corrected chi connectivity index (χ4v) is 2.42. The van der Waals surface area contributed by atoms with Crippen molar-refractivity contribution < 1.29 is 0 Å². The van der Waals surface area contributed by atoms with E-state index in [1.165, 1.54) is 17.5 Å². The lowest BCUT2D eigenvalue weighted by atomic mass is 10.0. The molecule has 0 heterocycles. The third-order valence-electron chi connectivity index (χ3n) is 3.78. The largest absolute Gasteiger partial charge is 0.316 e. The van der Waals surface area contributed by atoms with Gasteiger partial charge in [0.15, 0.2) is 0 Å². The van der Waals surface area contributed by atoms with Crippen LogP contribution in [0.2, 0.25) is 0 Å². The van der Waals surface area contributed by atoms with Crippen molar-refractivity contribution >= 4 is 0 Å². The minimum Gasteiger partial charge on any atom is -0.316 e. The summed E-state index contributed by atoms with van der Waals surface area (Å²) in [5, 5.41) is 3.49. The van der Waals surface area contributed by atoms with Gasteiger partial charge in [-0.2, -0.15) is 0 Å².